The molecule has 0 bridgehead atoms. The zero-order chi connectivity index (χ0) is 16.4. The summed E-state index contributed by atoms with van der Waals surface area (Å²) in [5, 5.41) is 10.00. The molecule has 0 spiro atoms. The Bertz CT molecular complexity index is 552. The van der Waals surface area contributed by atoms with Crippen LogP contribution >= 0.6 is 11.6 Å². The lowest BCUT2D eigenvalue weighted by Crippen LogP contribution is -1.97. The number of allylic oxidation sites excluding steroid dienone is 3. The first-order chi connectivity index (χ1) is 10.6. The summed E-state index contributed by atoms with van der Waals surface area (Å²) < 4.78 is 5.66. The van der Waals surface area contributed by atoms with Gasteiger partial charge in [-0.05, 0) is 49.5 Å². The molecular formula is C19H24ClNO. The van der Waals surface area contributed by atoms with E-state index in [0.29, 0.717) is 23.6 Å². The van der Waals surface area contributed by atoms with E-state index in [1.807, 2.05) is 31.2 Å². The van der Waals surface area contributed by atoms with Crippen molar-refractivity contribution < 1.29 is 4.74 Å². The topological polar surface area (TPSA) is 33.0 Å². The summed E-state index contributed by atoms with van der Waals surface area (Å²) in [7, 11) is 0. The molecule has 0 radical (unpaired) electrons. The molecule has 0 aromatic heterocycles. The molecule has 0 N–H and O–H groups in total. The standard InChI is InChI=1S/C19H24ClNO/c1-4-5-6-13-22-16(3)18(14-21)8-7-15(2)17-9-11-19(20)12-10-17/h9-12H,2,4-8,13H2,1,3H3. The number of nitriles is 1. The van der Waals surface area contributed by atoms with Gasteiger partial charge >= 0.3 is 0 Å². The molecular weight excluding hydrogens is 294 g/mol. The second-order valence-electron chi connectivity index (χ2n) is 5.31. The first-order valence-corrected chi connectivity index (χ1v) is 8.12. The minimum Gasteiger partial charge on any atom is -0.497 e. The highest BCUT2D eigenvalue weighted by Crippen LogP contribution is 2.23. The molecule has 0 saturated heterocycles. The van der Waals surface area contributed by atoms with Gasteiger partial charge < -0.3 is 4.74 Å². The summed E-state index contributed by atoms with van der Waals surface area (Å²) in [5.74, 6) is 0.738. The number of benzene rings is 1. The Balaban J connectivity index is 2.53. The summed E-state index contributed by atoms with van der Waals surface area (Å²) in [6.07, 6.45) is 4.74. The monoisotopic (exact) mass is 317 g/mol. The Kier molecular flexibility index (Phi) is 8.40. The van der Waals surface area contributed by atoms with Crippen LogP contribution in [0.15, 0.2) is 42.2 Å². The van der Waals surface area contributed by atoms with Crippen molar-refractivity contribution in [1.29, 1.82) is 5.26 Å². The quantitative estimate of drug-likeness (QED) is 0.311. The van der Waals surface area contributed by atoms with Crippen LogP contribution in [0.5, 0.6) is 0 Å². The second kappa shape index (κ2) is 10.1. The average molecular weight is 318 g/mol. The number of unbranched alkanes of at least 4 members (excludes halogenated alkanes) is 2. The molecule has 0 unspecified atom stereocenters. The number of nitrogens with zero attached hydrogens (tertiary/aromatic N) is 1. The van der Waals surface area contributed by atoms with E-state index in [4.69, 9.17) is 16.3 Å². The maximum Gasteiger partial charge on any atom is 0.106 e. The lowest BCUT2D eigenvalue weighted by molar-refractivity contribution is 0.204. The smallest absolute Gasteiger partial charge is 0.106 e. The normalized spacial score (nSPS) is 11.5. The maximum atomic E-state index is 9.28. The molecule has 3 heteroatoms. The number of ether oxygens (including phenoxy) is 1. The van der Waals surface area contributed by atoms with Gasteiger partial charge in [0.1, 0.15) is 5.76 Å². The predicted molar refractivity (Wildman–Crippen MR) is 93.5 cm³/mol. The van der Waals surface area contributed by atoms with E-state index in [1.165, 1.54) is 0 Å². The van der Waals surface area contributed by atoms with E-state index in [9.17, 15) is 5.26 Å². The third-order valence-corrected chi connectivity index (χ3v) is 3.81. The average Bonchev–Trinajstić information content (AvgIpc) is 2.52. The Morgan fingerprint density at radius 2 is 1.91 bits per heavy atom. The fourth-order valence-electron chi connectivity index (χ4n) is 2.08. The zero-order valence-electron chi connectivity index (χ0n) is 13.5. The molecule has 0 heterocycles. The van der Waals surface area contributed by atoms with Crippen LogP contribution in [0.2, 0.25) is 5.02 Å². The van der Waals surface area contributed by atoms with Crippen molar-refractivity contribution in [1.82, 2.24) is 0 Å². The van der Waals surface area contributed by atoms with Gasteiger partial charge in [0.25, 0.3) is 0 Å². The molecule has 0 saturated carbocycles. The highest BCUT2D eigenvalue weighted by molar-refractivity contribution is 6.30. The minimum absolute atomic E-state index is 0.650. The first kappa shape index (κ1) is 18.3. The van der Waals surface area contributed by atoms with Crippen molar-refractivity contribution in [2.45, 2.75) is 46.0 Å². The maximum absolute atomic E-state index is 9.28. The van der Waals surface area contributed by atoms with Gasteiger partial charge in [0.2, 0.25) is 0 Å². The van der Waals surface area contributed by atoms with E-state index in [0.717, 1.165) is 42.6 Å². The van der Waals surface area contributed by atoms with Gasteiger partial charge in [0.15, 0.2) is 0 Å². The van der Waals surface area contributed by atoms with Gasteiger partial charge in [-0.25, -0.2) is 0 Å². The second-order valence-corrected chi connectivity index (χ2v) is 5.75. The van der Waals surface area contributed by atoms with Gasteiger partial charge in [0, 0.05) is 5.02 Å². The van der Waals surface area contributed by atoms with Gasteiger partial charge in [-0.1, -0.05) is 50.1 Å². The summed E-state index contributed by atoms with van der Waals surface area (Å²) >= 11 is 5.88. The van der Waals surface area contributed by atoms with Crippen molar-refractivity contribution in [3.8, 4) is 6.07 Å². The van der Waals surface area contributed by atoms with Crippen LogP contribution in [0.3, 0.4) is 0 Å². The van der Waals surface area contributed by atoms with E-state index in [1.54, 1.807) is 0 Å². The van der Waals surface area contributed by atoms with Crippen molar-refractivity contribution >= 4 is 17.2 Å². The lowest BCUT2D eigenvalue weighted by atomic mass is 10.00. The van der Waals surface area contributed by atoms with Gasteiger partial charge in [-0.15, -0.1) is 0 Å². The van der Waals surface area contributed by atoms with Crippen LogP contribution in [0.4, 0.5) is 0 Å². The Hall–Kier alpha value is -1.72. The third kappa shape index (κ3) is 6.37. The molecule has 2 nitrogen and oxygen atoms in total. The summed E-state index contributed by atoms with van der Waals surface area (Å²) in [6, 6.07) is 9.86. The van der Waals surface area contributed by atoms with Crippen molar-refractivity contribution in [2.24, 2.45) is 0 Å². The van der Waals surface area contributed by atoms with Crippen molar-refractivity contribution in [3.05, 3.63) is 52.8 Å². The molecule has 0 amide bonds. The highest BCUT2D eigenvalue weighted by atomic mass is 35.5. The molecule has 0 aliphatic heterocycles. The summed E-state index contributed by atoms with van der Waals surface area (Å²) in [6.45, 7) is 8.80. The van der Waals surface area contributed by atoms with E-state index in [-0.39, 0.29) is 0 Å². The Morgan fingerprint density at radius 1 is 1.23 bits per heavy atom. The Labute approximate surface area is 139 Å². The molecule has 22 heavy (non-hydrogen) atoms. The van der Waals surface area contributed by atoms with Gasteiger partial charge in [-0.3, -0.25) is 0 Å². The predicted octanol–water partition coefficient (Wildman–Crippen LogP) is 6.14. The van der Waals surface area contributed by atoms with Crippen LogP contribution in [0, 0.1) is 11.3 Å². The SMILES string of the molecule is C=C(CCC(C#N)=C(C)OCCCCC)c1ccc(Cl)cc1. The van der Waals surface area contributed by atoms with Crippen molar-refractivity contribution in [2.75, 3.05) is 6.61 Å². The summed E-state index contributed by atoms with van der Waals surface area (Å²) in [5.41, 5.74) is 2.76. The number of rotatable bonds is 9. The molecule has 0 fully saturated rings. The Morgan fingerprint density at radius 3 is 2.50 bits per heavy atom. The van der Waals surface area contributed by atoms with Crippen molar-refractivity contribution in [3.63, 3.8) is 0 Å². The van der Waals surface area contributed by atoms with Crippen LogP contribution < -0.4 is 0 Å². The largest absolute Gasteiger partial charge is 0.497 e. The molecule has 0 aliphatic rings. The highest BCUT2D eigenvalue weighted by Gasteiger charge is 2.06. The van der Waals surface area contributed by atoms with Crippen LogP contribution in [0.1, 0.15) is 51.5 Å². The molecule has 1 aromatic carbocycles. The van der Waals surface area contributed by atoms with E-state index in [2.05, 4.69) is 19.6 Å². The number of halogens is 1. The number of hydrogen-bond donors (Lipinski definition) is 0. The fourth-order valence-corrected chi connectivity index (χ4v) is 2.21. The van der Waals surface area contributed by atoms with Gasteiger partial charge in [0.05, 0.1) is 18.2 Å². The number of hydrogen-bond acceptors (Lipinski definition) is 2. The molecule has 0 aliphatic carbocycles. The minimum atomic E-state index is 0.650. The van der Waals surface area contributed by atoms with Crippen LogP contribution in [-0.2, 0) is 4.74 Å². The van der Waals surface area contributed by atoms with Gasteiger partial charge in [-0.2, -0.15) is 5.26 Å². The molecule has 0 atom stereocenters. The summed E-state index contributed by atoms with van der Waals surface area (Å²) in [4.78, 5) is 0. The molecule has 118 valence electrons. The molecule has 1 rings (SSSR count). The van der Waals surface area contributed by atoms with Crippen LogP contribution in [-0.4, -0.2) is 6.61 Å². The lowest BCUT2D eigenvalue weighted by Gasteiger charge is -2.10. The fraction of sp³-hybridized carbons (Fsp3) is 0.421. The van der Waals surface area contributed by atoms with E-state index >= 15 is 0 Å². The molecule has 1 aromatic rings. The zero-order valence-corrected chi connectivity index (χ0v) is 14.2. The first-order valence-electron chi connectivity index (χ1n) is 7.74. The third-order valence-electron chi connectivity index (χ3n) is 3.56. The van der Waals surface area contributed by atoms with Crippen LogP contribution in [0.25, 0.3) is 5.57 Å². The van der Waals surface area contributed by atoms with E-state index < -0.39 is 0 Å².